The Morgan fingerprint density at radius 1 is 1.00 bits per heavy atom. The number of nitrogens with two attached hydrogens (primary N) is 1. The minimum Gasteiger partial charge on any atom is -0.382 e. The summed E-state index contributed by atoms with van der Waals surface area (Å²) in [4.78, 5) is 8.02. The van der Waals surface area contributed by atoms with Crippen molar-refractivity contribution in [2.45, 2.75) is 24.2 Å². The molecule has 1 saturated heterocycles. The maximum Gasteiger partial charge on any atom is 0.240 e. The molecule has 0 saturated carbocycles. The minimum atomic E-state index is -3.67. The summed E-state index contributed by atoms with van der Waals surface area (Å²) in [6.45, 7) is 2.50. The lowest BCUT2D eigenvalue weighted by atomic mass is 10.0. The van der Waals surface area contributed by atoms with E-state index in [0.29, 0.717) is 16.8 Å². The molecule has 0 unspecified atom stereocenters. The summed E-state index contributed by atoms with van der Waals surface area (Å²) < 4.78 is 41.2. The van der Waals surface area contributed by atoms with E-state index in [1.165, 1.54) is 70.0 Å². The van der Waals surface area contributed by atoms with Gasteiger partial charge in [0.15, 0.2) is 0 Å². The molecule has 0 radical (unpaired) electrons. The largest absolute Gasteiger partial charge is 0.382 e. The van der Waals surface area contributed by atoms with Crippen LogP contribution in [0, 0.1) is 5.82 Å². The monoisotopic (exact) mass is 443 g/mol. The van der Waals surface area contributed by atoms with Crippen molar-refractivity contribution in [1.29, 1.82) is 0 Å². The molecule has 164 valence electrons. The average Bonchev–Trinajstić information content (AvgIpc) is 2.81. The van der Waals surface area contributed by atoms with Crippen LogP contribution in [0.2, 0.25) is 0 Å². The van der Waals surface area contributed by atoms with Gasteiger partial charge in [-0.2, -0.15) is 0 Å². The highest BCUT2D eigenvalue weighted by Crippen LogP contribution is 2.30. The zero-order valence-electron chi connectivity index (χ0n) is 17.3. The molecule has 4 N–H and O–H groups in total. The number of sulfonamides is 1. The molecule has 0 atom stereocenters. The molecule has 0 bridgehead atoms. The molecular formula is C22H26FN5O2S. The van der Waals surface area contributed by atoms with E-state index in [-0.39, 0.29) is 16.3 Å². The molecule has 2 heterocycles. The van der Waals surface area contributed by atoms with Crippen LogP contribution in [-0.4, -0.2) is 38.5 Å². The van der Waals surface area contributed by atoms with Gasteiger partial charge in [-0.05, 0) is 56.7 Å². The average molecular weight is 444 g/mol. The van der Waals surface area contributed by atoms with Crippen molar-refractivity contribution in [3.63, 3.8) is 0 Å². The third-order valence-electron chi connectivity index (χ3n) is 4.88. The van der Waals surface area contributed by atoms with E-state index in [4.69, 9.17) is 5.73 Å². The second-order valence-electron chi connectivity index (χ2n) is 7.04. The van der Waals surface area contributed by atoms with Crippen LogP contribution in [0.1, 0.15) is 19.3 Å². The van der Waals surface area contributed by atoms with E-state index < -0.39 is 15.8 Å². The highest BCUT2D eigenvalue weighted by atomic mass is 32.2. The number of aromatic nitrogens is 2. The van der Waals surface area contributed by atoms with Crippen molar-refractivity contribution >= 4 is 15.8 Å². The van der Waals surface area contributed by atoms with Gasteiger partial charge in [0.25, 0.3) is 0 Å². The summed E-state index contributed by atoms with van der Waals surface area (Å²) in [6, 6.07) is 10.9. The van der Waals surface area contributed by atoms with Crippen LogP contribution in [0.3, 0.4) is 0 Å². The van der Waals surface area contributed by atoms with E-state index in [1.54, 1.807) is 24.3 Å². The third-order valence-corrected chi connectivity index (χ3v) is 6.35. The van der Waals surface area contributed by atoms with Crippen molar-refractivity contribution < 1.29 is 12.8 Å². The van der Waals surface area contributed by atoms with Crippen molar-refractivity contribution in [3.8, 4) is 22.4 Å². The normalized spacial score (nSPS) is 13.9. The molecular weight excluding hydrogens is 417 g/mol. The number of anilines is 1. The Bertz CT molecular complexity index is 1110. The van der Waals surface area contributed by atoms with E-state index in [0.717, 1.165) is 0 Å². The molecule has 4 rings (SSSR count). The number of rotatable bonds is 4. The van der Waals surface area contributed by atoms with Crippen molar-refractivity contribution in [1.82, 2.24) is 20.0 Å². The predicted octanol–water partition coefficient (Wildman–Crippen LogP) is 3.20. The Hall–Kier alpha value is -2.88. The number of nitrogen functional groups attached to an aromatic ring is 1. The fraction of sp³-hybridized carbons (Fsp3) is 0.273. The summed E-state index contributed by atoms with van der Waals surface area (Å²) in [7, 11) is -2.34. The van der Waals surface area contributed by atoms with Gasteiger partial charge in [-0.25, -0.2) is 22.5 Å². The van der Waals surface area contributed by atoms with Crippen LogP contribution in [0.25, 0.3) is 22.4 Å². The highest BCUT2D eigenvalue weighted by molar-refractivity contribution is 7.89. The molecule has 1 aliphatic rings. The number of nitrogens with zero attached hydrogens (tertiary/aromatic N) is 2. The van der Waals surface area contributed by atoms with Gasteiger partial charge in [0.2, 0.25) is 10.0 Å². The van der Waals surface area contributed by atoms with E-state index in [1.807, 2.05) is 0 Å². The topological polar surface area (TPSA) is 110 Å². The SMILES string of the molecule is C1CCNCC1.CNS(=O)(=O)c1ccccc1-c1ccc(-c2cnc(N)cn2)c(F)c1. The van der Waals surface area contributed by atoms with Gasteiger partial charge in [0.1, 0.15) is 11.6 Å². The summed E-state index contributed by atoms with van der Waals surface area (Å²) >= 11 is 0. The maximum atomic E-state index is 14.6. The zero-order valence-corrected chi connectivity index (χ0v) is 18.1. The number of benzene rings is 2. The fourth-order valence-corrected chi connectivity index (χ4v) is 4.17. The van der Waals surface area contributed by atoms with Crippen LogP contribution in [0.4, 0.5) is 10.2 Å². The van der Waals surface area contributed by atoms with Crippen molar-refractivity contribution in [2.24, 2.45) is 0 Å². The first-order valence-electron chi connectivity index (χ1n) is 10.0. The lowest BCUT2D eigenvalue weighted by molar-refractivity contribution is 0.520. The smallest absolute Gasteiger partial charge is 0.240 e. The summed E-state index contributed by atoms with van der Waals surface area (Å²) in [5.74, 6) is -0.291. The molecule has 7 nitrogen and oxygen atoms in total. The van der Waals surface area contributed by atoms with Crippen LogP contribution in [-0.2, 0) is 10.0 Å². The van der Waals surface area contributed by atoms with Crippen LogP contribution < -0.4 is 15.8 Å². The van der Waals surface area contributed by atoms with Gasteiger partial charge in [-0.15, -0.1) is 0 Å². The first kappa shape index (κ1) is 22.8. The van der Waals surface area contributed by atoms with Gasteiger partial charge in [0, 0.05) is 11.1 Å². The zero-order chi connectivity index (χ0) is 22.3. The lowest BCUT2D eigenvalue weighted by Gasteiger charge is -2.11. The second-order valence-corrected chi connectivity index (χ2v) is 8.89. The molecule has 9 heteroatoms. The molecule has 31 heavy (non-hydrogen) atoms. The first-order chi connectivity index (χ1) is 14.9. The first-order valence-corrected chi connectivity index (χ1v) is 11.5. The quantitative estimate of drug-likeness (QED) is 0.571. The van der Waals surface area contributed by atoms with Gasteiger partial charge in [0.05, 0.1) is 23.0 Å². The van der Waals surface area contributed by atoms with Crippen LogP contribution in [0.5, 0.6) is 0 Å². The molecule has 1 fully saturated rings. The fourth-order valence-electron chi connectivity index (χ4n) is 3.22. The Morgan fingerprint density at radius 3 is 2.29 bits per heavy atom. The number of hydrogen-bond donors (Lipinski definition) is 3. The molecule has 2 aromatic carbocycles. The second kappa shape index (κ2) is 10.4. The number of nitrogens with one attached hydrogen (secondary N) is 2. The molecule has 0 spiro atoms. The Labute approximate surface area is 182 Å². The lowest BCUT2D eigenvalue weighted by Crippen LogP contribution is -2.21. The van der Waals surface area contributed by atoms with Gasteiger partial charge in [-0.1, -0.05) is 30.7 Å². The van der Waals surface area contributed by atoms with Gasteiger partial charge >= 0.3 is 0 Å². The molecule has 1 aliphatic heterocycles. The summed E-state index contributed by atoms with van der Waals surface area (Å²) in [5.41, 5.74) is 6.93. The Balaban J connectivity index is 0.000000391. The third kappa shape index (κ3) is 5.84. The predicted molar refractivity (Wildman–Crippen MR) is 120 cm³/mol. The minimum absolute atomic E-state index is 0.0805. The van der Waals surface area contributed by atoms with Gasteiger partial charge in [-0.3, -0.25) is 4.98 Å². The van der Waals surface area contributed by atoms with Gasteiger partial charge < -0.3 is 11.1 Å². The molecule has 1 aromatic heterocycles. The van der Waals surface area contributed by atoms with Crippen LogP contribution >= 0.6 is 0 Å². The summed E-state index contributed by atoms with van der Waals surface area (Å²) in [5, 5.41) is 3.28. The van der Waals surface area contributed by atoms with Crippen molar-refractivity contribution in [3.05, 3.63) is 60.7 Å². The number of hydrogen-bond acceptors (Lipinski definition) is 6. The Kier molecular flexibility index (Phi) is 7.67. The number of piperidine rings is 1. The molecule has 0 aliphatic carbocycles. The van der Waals surface area contributed by atoms with E-state index >= 15 is 0 Å². The van der Waals surface area contributed by atoms with Crippen LogP contribution in [0.15, 0.2) is 59.8 Å². The summed E-state index contributed by atoms with van der Waals surface area (Å²) in [6.07, 6.45) is 6.94. The maximum absolute atomic E-state index is 14.6. The van der Waals surface area contributed by atoms with Crippen molar-refractivity contribution in [2.75, 3.05) is 25.9 Å². The standard InChI is InChI=1S/C17H15FN4O2S.C5H11N/c1-20-25(23,24)16-5-3-2-4-12(16)11-6-7-13(14(18)8-11)15-9-22-17(19)10-21-15;1-2-4-6-5-3-1/h2-10,20H,1H3,(H2,19,22);6H,1-5H2. The molecule has 0 amide bonds. The molecule has 3 aromatic rings. The van der Waals surface area contributed by atoms with E-state index in [2.05, 4.69) is 20.0 Å². The highest BCUT2D eigenvalue weighted by Gasteiger charge is 2.18. The Morgan fingerprint density at radius 2 is 1.74 bits per heavy atom. The number of halogens is 1. The van der Waals surface area contributed by atoms with E-state index in [9.17, 15) is 12.8 Å².